The Hall–Kier alpha value is -3.92. The molecule has 0 aliphatic rings. The molecule has 4 rings (SSSR count). The number of para-hydroxylation sites is 1. The molecule has 32 heavy (non-hydrogen) atoms. The van der Waals surface area contributed by atoms with E-state index in [-0.39, 0.29) is 17.2 Å². The summed E-state index contributed by atoms with van der Waals surface area (Å²) in [6.45, 7) is 1.63. The third-order valence-corrected chi connectivity index (χ3v) is 5.29. The topological polar surface area (TPSA) is 102 Å². The van der Waals surface area contributed by atoms with Crippen LogP contribution in [0.1, 0.15) is 26.5 Å². The van der Waals surface area contributed by atoms with E-state index in [0.717, 1.165) is 0 Å². The Morgan fingerprint density at radius 3 is 2.34 bits per heavy atom. The van der Waals surface area contributed by atoms with E-state index < -0.39 is 11.7 Å². The molecule has 1 heterocycles. The predicted molar refractivity (Wildman–Crippen MR) is 120 cm³/mol. The second-order valence-corrected chi connectivity index (χ2v) is 7.59. The van der Waals surface area contributed by atoms with Crippen LogP contribution < -0.4 is 10.6 Å². The Morgan fingerprint density at radius 1 is 0.938 bits per heavy atom. The van der Waals surface area contributed by atoms with Gasteiger partial charge >= 0.3 is 0 Å². The number of nitrogens with zero attached hydrogens (tertiary/aromatic N) is 4. The highest BCUT2D eigenvalue weighted by Gasteiger charge is 2.17. The molecule has 8 nitrogen and oxygen atoms in total. The molecule has 0 spiro atoms. The molecule has 3 aromatic carbocycles. The number of carbonyl (C=O) groups is 2. The Balaban J connectivity index is 1.58. The molecule has 0 fully saturated rings. The van der Waals surface area contributed by atoms with Crippen LogP contribution in [0.2, 0.25) is 0 Å². The molecule has 0 saturated carbocycles. The summed E-state index contributed by atoms with van der Waals surface area (Å²) in [5.41, 5.74) is 1.46. The van der Waals surface area contributed by atoms with Crippen LogP contribution in [0.5, 0.6) is 0 Å². The van der Waals surface area contributed by atoms with Crippen LogP contribution >= 0.6 is 15.9 Å². The van der Waals surface area contributed by atoms with Gasteiger partial charge in [0, 0.05) is 10.2 Å². The van der Waals surface area contributed by atoms with Crippen LogP contribution in [0, 0.1) is 12.7 Å². The Bertz CT molecular complexity index is 1320. The number of rotatable bonds is 5. The van der Waals surface area contributed by atoms with Gasteiger partial charge in [-0.3, -0.25) is 9.59 Å². The molecule has 0 bridgehead atoms. The summed E-state index contributed by atoms with van der Waals surface area (Å²) in [5.74, 6) is -0.984. The van der Waals surface area contributed by atoms with E-state index in [9.17, 15) is 14.0 Å². The second-order valence-electron chi connectivity index (χ2n) is 6.74. The number of hydrogen-bond donors (Lipinski definition) is 2. The van der Waals surface area contributed by atoms with Gasteiger partial charge < -0.3 is 10.6 Å². The Kier molecular flexibility index (Phi) is 6.04. The molecule has 10 heteroatoms. The maximum atomic E-state index is 14.3. The number of benzene rings is 3. The van der Waals surface area contributed by atoms with Crippen LogP contribution in [0.3, 0.4) is 0 Å². The first-order valence-electron chi connectivity index (χ1n) is 9.45. The predicted octanol–water partition coefficient (Wildman–Crippen LogP) is 4.38. The first-order valence-corrected chi connectivity index (χ1v) is 10.2. The molecule has 0 saturated heterocycles. The van der Waals surface area contributed by atoms with Crippen molar-refractivity contribution in [1.29, 1.82) is 0 Å². The molecular weight excluding hydrogens is 479 g/mol. The van der Waals surface area contributed by atoms with Crippen LogP contribution in [0.15, 0.2) is 71.2 Å². The molecule has 4 aromatic rings. The van der Waals surface area contributed by atoms with Gasteiger partial charge in [-0.05, 0) is 75.7 Å². The fourth-order valence-electron chi connectivity index (χ4n) is 3.03. The van der Waals surface area contributed by atoms with Gasteiger partial charge in [-0.25, -0.2) is 4.39 Å². The number of nitrogens with one attached hydrogen (secondary N) is 2. The molecule has 2 amide bonds. The van der Waals surface area contributed by atoms with E-state index in [1.807, 2.05) is 0 Å². The molecule has 0 unspecified atom stereocenters. The lowest BCUT2D eigenvalue weighted by molar-refractivity contribution is 0.102. The molecule has 160 valence electrons. The summed E-state index contributed by atoms with van der Waals surface area (Å²) < 4.78 is 16.2. The van der Waals surface area contributed by atoms with Crippen LogP contribution in [0.4, 0.5) is 15.8 Å². The van der Waals surface area contributed by atoms with E-state index in [0.29, 0.717) is 27.2 Å². The van der Waals surface area contributed by atoms with Crippen LogP contribution in [0.25, 0.3) is 5.69 Å². The highest BCUT2D eigenvalue weighted by Crippen LogP contribution is 2.23. The third-order valence-electron chi connectivity index (χ3n) is 4.60. The van der Waals surface area contributed by atoms with Gasteiger partial charge in [-0.15, -0.1) is 5.10 Å². The van der Waals surface area contributed by atoms with Gasteiger partial charge in [-0.1, -0.05) is 24.3 Å². The largest absolute Gasteiger partial charge is 0.322 e. The average molecular weight is 495 g/mol. The van der Waals surface area contributed by atoms with Crippen molar-refractivity contribution in [3.8, 4) is 5.69 Å². The Labute approximate surface area is 190 Å². The minimum absolute atomic E-state index is 0.0980. The molecule has 0 aliphatic heterocycles. The van der Waals surface area contributed by atoms with Crippen LogP contribution in [-0.4, -0.2) is 32.0 Å². The number of amides is 2. The van der Waals surface area contributed by atoms with Gasteiger partial charge in [-0.2, -0.15) is 4.68 Å². The monoisotopic (exact) mass is 494 g/mol. The summed E-state index contributed by atoms with van der Waals surface area (Å²) in [6.07, 6.45) is 0. The van der Waals surface area contributed by atoms with Crippen molar-refractivity contribution in [2.45, 2.75) is 6.92 Å². The van der Waals surface area contributed by atoms with E-state index in [4.69, 9.17) is 0 Å². The van der Waals surface area contributed by atoms with Crippen molar-refractivity contribution in [3.05, 3.63) is 94.0 Å². The molecular formula is C22H16BrFN6O2. The number of carbonyl (C=O) groups excluding carboxylic acids is 2. The van der Waals surface area contributed by atoms with Crippen molar-refractivity contribution >= 4 is 39.1 Å². The summed E-state index contributed by atoms with van der Waals surface area (Å²) in [5, 5.41) is 16.5. The fraction of sp³-hybridized carbons (Fsp3) is 0.0455. The molecule has 1 aromatic heterocycles. The highest BCUT2D eigenvalue weighted by atomic mass is 79.9. The second kappa shape index (κ2) is 9.06. The minimum atomic E-state index is -0.542. The molecule has 2 N–H and O–H groups in total. The van der Waals surface area contributed by atoms with Crippen molar-refractivity contribution in [2.24, 2.45) is 0 Å². The first kappa shape index (κ1) is 21.3. The van der Waals surface area contributed by atoms with E-state index >= 15 is 0 Å². The molecule has 0 aliphatic carbocycles. The van der Waals surface area contributed by atoms with Gasteiger partial charge in [0.05, 0.1) is 16.8 Å². The van der Waals surface area contributed by atoms with Gasteiger partial charge in [0.15, 0.2) is 5.82 Å². The van der Waals surface area contributed by atoms with E-state index in [2.05, 4.69) is 42.1 Å². The number of anilines is 2. The number of aromatic nitrogens is 4. The summed E-state index contributed by atoms with van der Waals surface area (Å²) >= 11 is 3.35. The summed E-state index contributed by atoms with van der Waals surface area (Å²) in [7, 11) is 0. The lowest BCUT2D eigenvalue weighted by Crippen LogP contribution is -2.18. The smallest absolute Gasteiger partial charge is 0.257 e. The lowest BCUT2D eigenvalue weighted by Gasteiger charge is -2.13. The fourth-order valence-corrected chi connectivity index (χ4v) is 3.50. The van der Waals surface area contributed by atoms with E-state index in [1.165, 1.54) is 22.9 Å². The number of halogens is 2. The third kappa shape index (κ3) is 4.40. The standard InChI is InChI=1S/C22H16BrFN6O2/c1-13-27-28-29-30(13)20-12-14(10-11-18(20)24)25-22(32)16-7-3-5-9-19(16)26-21(31)15-6-2-4-8-17(15)23/h2-12H,1H3,(H,25,32)(H,26,31). The minimum Gasteiger partial charge on any atom is -0.322 e. The van der Waals surface area contributed by atoms with Crippen molar-refractivity contribution in [1.82, 2.24) is 20.2 Å². The quantitative estimate of drug-likeness (QED) is 0.428. The summed E-state index contributed by atoms with van der Waals surface area (Å²) in [4.78, 5) is 25.6. The maximum Gasteiger partial charge on any atom is 0.257 e. The summed E-state index contributed by atoms with van der Waals surface area (Å²) in [6, 6.07) is 17.7. The normalized spacial score (nSPS) is 10.6. The Morgan fingerprint density at radius 2 is 1.62 bits per heavy atom. The van der Waals surface area contributed by atoms with Gasteiger partial charge in [0.2, 0.25) is 0 Å². The molecule has 0 radical (unpaired) electrons. The van der Waals surface area contributed by atoms with Gasteiger partial charge in [0.1, 0.15) is 11.5 Å². The molecule has 0 atom stereocenters. The zero-order valence-corrected chi connectivity index (χ0v) is 18.3. The highest BCUT2D eigenvalue weighted by molar-refractivity contribution is 9.10. The SMILES string of the molecule is Cc1nnnn1-c1cc(NC(=O)c2ccccc2NC(=O)c2ccccc2Br)ccc1F. The van der Waals surface area contributed by atoms with Crippen LogP contribution in [-0.2, 0) is 0 Å². The van der Waals surface area contributed by atoms with Crippen molar-refractivity contribution in [2.75, 3.05) is 10.6 Å². The zero-order chi connectivity index (χ0) is 22.7. The van der Waals surface area contributed by atoms with E-state index in [1.54, 1.807) is 55.5 Å². The number of tetrazole rings is 1. The zero-order valence-electron chi connectivity index (χ0n) is 16.7. The van der Waals surface area contributed by atoms with Crippen molar-refractivity contribution in [3.63, 3.8) is 0 Å². The van der Waals surface area contributed by atoms with Gasteiger partial charge in [0.25, 0.3) is 11.8 Å². The lowest BCUT2D eigenvalue weighted by atomic mass is 10.1. The first-order chi connectivity index (χ1) is 15.4. The maximum absolute atomic E-state index is 14.3. The van der Waals surface area contributed by atoms with Crippen molar-refractivity contribution < 1.29 is 14.0 Å². The number of hydrogen-bond acceptors (Lipinski definition) is 5. The average Bonchev–Trinajstić information content (AvgIpc) is 3.21. The number of aryl methyl sites for hydroxylation is 1.